The fourth-order valence-electron chi connectivity index (χ4n) is 2.19. The van der Waals surface area contributed by atoms with Crippen LogP contribution in [0.25, 0.3) is 10.9 Å². The summed E-state index contributed by atoms with van der Waals surface area (Å²) >= 11 is 5.90. The largest absolute Gasteiger partial charge is 0.493 e. The number of aromatic nitrogens is 2. The summed E-state index contributed by atoms with van der Waals surface area (Å²) in [4.78, 5) is 20.2. The van der Waals surface area contributed by atoms with Crippen molar-refractivity contribution in [1.29, 1.82) is 0 Å². The average molecular weight is 359 g/mol. The van der Waals surface area contributed by atoms with Crippen LogP contribution in [0.4, 0.5) is 5.82 Å². The minimum Gasteiger partial charge on any atom is -0.493 e. The second kappa shape index (κ2) is 7.67. The number of amides is 1. The second-order valence-electron chi connectivity index (χ2n) is 4.97. The van der Waals surface area contributed by atoms with Gasteiger partial charge in [-0.2, -0.15) is 4.98 Å². The number of ether oxygens (including phenoxy) is 2. The molecule has 1 aromatic heterocycles. The number of carbonyl (C=O) groups excluding carboxylic acids is 1. The Hall–Kier alpha value is -3.06. The summed E-state index contributed by atoms with van der Waals surface area (Å²) in [6, 6.07) is 14.4. The molecular formula is C17H15ClN4O3. The average Bonchev–Trinajstić information content (AvgIpc) is 2.64. The van der Waals surface area contributed by atoms with E-state index in [0.717, 1.165) is 5.39 Å². The van der Waals surface area contributed by atoms with Crippen LogP contribution in [0.2, 0.25) is 5.28 Å². The maximum atomic E-state index is 12.0. The van der Waals surface area contributed by atoms with Gasteiger partial charge in [0.25, 0.3) is 5.91 Å². The van der Waals surface area contributed by atoms with Crippen molar-refractivity contribution in [3.8, 4) is 11.5 Å². The van der Waals surface area contributed by atoms with Gasteiger partial charge in [-0.1, -0.05) is 24.3 Å². The molecule has 0 saturated heterocycles. The van der Waals surface area contributed by atoms with E-state index in [9.17, 15) is 4.79 Å². The number of para-hydroxylation sites is 3. The minimum absolute atomic E-state index is 0.0840. The van der Waals surface area contributed by atoms with Crippen LogP contribution < -0.4 is 20.3 Å². The Morgan fingerprint density at radius 3 is 2.60 bits per heavy atom. The van der Waals surface area contributed by atoms with Gasteiger partial charge in [0.15, 0.2) is 23.9 Å². The summed E-state index contributed by atoms with van der Waals surface area (Å²) < 4.78 is 10.6. The molecule has 2 N–H and O–H groups in total. The lowest BCUT2D eigenvalue weighted by Crippen LogP contribution is -2.34. The highest BCUT2D eigenvalue weighted by molar-refractivity contribution is 6.28. The molecule has 8 heteroatoms. The predicted octanol–water partition coefficient (Wildman–Crippen LogP) is 2.81. The molecular weight excluding hydrogens is 344 g/mol. The van der Waals surface area contributed by atoms with Gasteiger partial charge in [0.2, 0.25) is 5.28 Å². The molecule has 3 aromatic rings. The molecule has 2 aromatic carbocycles. The van der Waals surface area contributed by atoms with E-state index in [2.05, 4.69) is 20.8 Å². The maximum absolute atomic E-state index is 12.0. The molecule has 0 spiro atoms. The molecule has 128 valence electrons. The van der Waals surface area contributed by atoms with Gasteiger partial charge in [-0.25, -0.2) is 4.98 Å². The summed E-state index contributed by atoms with van der Waals surface area (Å²) in [5.41, 5.74) is 5.94. The van der Waals surface area contributed by atoms with Crippen LogP contribution in [0.1, 0.15) is 0 Å². The van der Waals surface area contributed by atoms with Crippen LogP contribution in [0.3, 0.4) is 0 Å². The number of hydrazine groups is 1. The van der Waals surface area contributed by atoms with Gasteiger partial charge in [-0.3, -0.25) is 15.6 Å². The van der Waals surface area contributed by atoms with E-state index in [1.165, 1.54) is 7.11 Å². The quantitative estimate of drug-likeness (QED) is 0.520. The summed E-state index contributed by atoms with van der Waals surface area (Å²) in [6.45, 7) is -0.190. The number of hydrogen-bond acceptors (Lipinski definition) is 6. The monoisotopic (exact) mass is 358 g/mol. The summed E-state index contributed by atoms with van der Waals surface area (Å²) in [7, 11) is 1.54. The van der Waals surface area contributed by atoms with Gasteiger partial charge < -0.3 is 9.47 Å². The van der Waals surface area contributed by atoms with Gasteiger partial charge in [-0.05, 0) is 35.9 Å². The van der Waals surface area contributed by atoms with Crippen molar-refractivity contribution in [2.45, 2.75) is 0 Å². The lowest BCUT2D eigenvalue weighted by molar-refractivity contribution is -0.122. The van der Waals surface area contributed by atoms with Crippen LogP contribution in [-0.2, 0) is 4.79 Å². The van der Waals surface area contributed by atoms with Gasteiger partial charge in [0, 0.05) is 5.39 Å². The van der Waals surface area contributed by atoms with Crippen LogP contribution in [0.15, 0.2) is 48.5 Å². The standard InChI is InChI=1S/C17H15ClN4O3/c1-24-13-8-4-5-9-14(13)25-10-15(23)21-22-16-11-6-2-3-7-12(11)19-17(18)20-16/h2-9H,10H2,1H3,(H,21,23)(H,19,20,22). The molecule has 3 rings (SSSR count). The summed E-state index contributed by atoms with van der Waals surface area (Å²) in [5, 5.41) is 0.818. The van der Waals surface area contributed by atoms with E-state index in [-0.39, 0.29) is 17.8 Å². The normalized spacial score (nSPS) is 10.3. The Kier molecular flexibility index (Phi) is 5.15. The summed E-state index contributed by atoms with van der Waals surface area (Å²) in [6.07, 6.45) is 0. The Bertz CT molecular complexity index is 904. The van der Waals surface area contributed by atoms with E-state index in [0.29, 0.717) is 22.8 Å². The number of benzene rings is 2. The number of nitrogens with zero attached hydrogens (tertiary/aromatic N) is 2. The molecule has 7 nitrogen and oxygen atoms in total. The van der Waals surface area contributed by atoms with Crippen molar-refractivity contribution in [2.75, 3.05) is 19.1 Å². The molecule has 25 heavy (non-hydrogen) atoms. The Morgan fingerprint density at radius 1 is 1.08 bits per heavy atom. The number of halogens is 1. The minimum atomic E-state index is -0.385. The van der Waals surface area contributed by atoms with Gasteiger partial charge >= 0.3 is 0 Å². The molecule has 0 radical (unpaired) electrons. The number of methoxy groups -OCH3 is 1. The first-order chi connectivity index (χ1) is 12.2. The second-order valence-corrected chi connectivity index (χ2v) is 5.31. The predicted molar refractivity (Wildman–Crippen MR) is 94.8 cm³/mol. The lowest BCUT2D eigenvalue weighted by atomic mass is 10.2. The van der Waals surface area contributed by atoms with Crippen molar-refractivity contribution in [3.05, 3.63) is 53.8 Å². The maximum Gasteiger partial charge on any atom is 0.276 e. The smallest absolute Gasteiger partial charge is 0.276 e. The molecule has 0 unspecified atom stereocenters. The lowest BCUT2D eigenvalue weighted by Gasteiger charge is -2.12. The van der Waals surface area contributed by atoms with Crippen LogP contribution in [0.5, 0.6) is 11.5 Å². The zero-order valence-corrected chi connectivity index (χ0v) is 14.1. The van der Waals surface area contributed by atoms with Crippen molar-refractivity contribution in [1.82, 2.24) is 15.4 Å². The number of nitrogens with one attached hydrogen (secondary N) is 2. The van der Waals surface area contributed by atoms with Crippen LogP contribution in [0, 0.1) is 0 Å². The molecule has 1 amide bonds. The third-order valence-electron chi connectivity index (χ3n) is 3.32. The Labute approximate surface area is 148 Å². The van der Waals surface area contributed by atoms with E-state index in [1.54, 1.807) is 24.3 Å². The first kappa shape index (κ1) is 16.8. The van der Waals surface area contributed by atoms with E-state index in [1.807, 2.05) is 24.3 Å². The van der Waals surface area contributed by atoms with Crippen LogP contribution >= 0.6 is 11.6 Å². The highest BCUT2D eigenvalue weighted by Gasteiger charge is 2.09. The molecule has 0 atom stereocenters. The fraction of sp³-hybridized carbons (Fsp3) is 0.118. The number of fused-ring (bicyclic) bond motifs is 1. The van der Waals surface area contributed by atoms with E-state index < -0.39 is 0 Å². The van der Waals surface area contributed by atoms with E-state index in [4.69, 9.17) is 21.1 Å². The highest BCUT2D eigenvalue weighted by Crippen LogP contribution is 2.25. The van der Waals surface area contributed by atoms with Crippen molar-refractivity contribution in [2.24, 2.45) is 0 Å². The number of hydrogen-bond donors (Lipinski definition) is 2. The number of anilines is 1. The zero-order chi connectivity index (χ0) is 17.6. The molecule has 0 aliphatic rings. The SMILES string of the molecule is COc1ccccc1OCC(=O)NNc1nc(Cl)nc2ccccc12. The molecule has 1 heterocycles. The number of rotatable bonds is 6. The Morgan fingerprint density at radius 2 is 1.80 bits per heavy atom. The number of carbonyl (C=O) groups is 1. The first-order valence-corrected chi connectivity index (χ1v) is 7.78. The Balaban J connectivity index is 1.63. The molecule has 0 fully saturated rings. The first-order valence-electron chi connectivity index (χ1n) is 7.40. The van der Waals surface area contributed by atoms with Crippen LogP contribution in [-0.4, -0.2) is 29.6 Å². The molecule has 0 aliphatic heterocycles. The zero-order valence-electron chi connectivity index (χ0n) is 13.3. The van der Waals surface area contributed by atoms with E-state index >= 15 is 0 Å². The molecule has 0 aliphatic carbocycles. The third-order valence-corrected chi connectivity index (χ3v) is 3.49. The van der Waals surface area contributed by atoms with Crippen molar-refractivity contribution < 1.29 is 14.3 Å². The highest BCUT2D eigenvalue weighted by atomic mass is 35.5. The van der Waals surface area contributed by atoms with Crippen molar-refractivity contribution in [3.63, 3.8) is 0 Å². The molecule has 0 bridgehead atoms. The van der Waals surface area contributed by atoms with Crippen molar-refractivity contribution >= 4 is 34.2 Å². The third kappa shape index (κ3) is 4.07. The molecule has 0 saturated carbocycles. The topological polar surface area (TPSA) is 85.4 Å². The van der Waals surface area contributed by atoms with Gasteiger partial charge in [-0.15, -0.1) is 0 Å². The van der Waals surface area contributed by atoms with Gasteiger partial charge in [0.05, 0.1) is 12.6 Å². The fourth-order valence-corrected chi connectivity index (χ4v) is 2.37. The summed E-state index contributed by atoms with van der Waals surface area (Å²) in [5.74, 6) is 1.05. The van der Waals surface area contributed by atoms with Gasteiger partial charge in [0.1, 0.15) is 0 Å².